The summed E-state index contributed by atoms with van der Waals surface area (Å²) in [6.07, 6.45) is 3.08. The number of halogens is 1. The fourth-order valence-corrected chi connectivity index (χ4v) is 4.27. The maximum atomic E-state index is 13.1. The highest BCUT2D eigenvalue weighted by Gasteiger charge is 2.25. The summed E-state index contributed by atoms with van der Waals surface area (Å²) in [6.45, 7) is 7.24. The van der Waals surface area contributed by atoms with Crippen molar-refractivity contribution in [3.8, 4) is 0 Å². The number of anilines is 1. The smallest absolute Gasteiger partial charge is 0.258 e. The second kappa shape index (κ2) is 6.77. The number of hydrogen-bond donors (Lipinski definition) is 0. The average molecular weight is 373 g/mol. The van der Waals surface area contributed by atoms with E-state index in [-0.39, 0.29) is 17.4 Å². The summed E-state index contributed by atoms with van der Waals surface area (Å²) in [5, 5.41) is 0. The molecule has 0 aliphatic carbocycles. The fourth-order valence-electron chi connectivity index (χ4n) is 3.42. The zero-order valence-electron chi connectivity index (χ0n) is 14.7. The molecule has 0 aromatic carbocycles. The summed E-state index contributed by atoms with van der Waals surface area (Å²) in [5.74, 6) is 0.474. The molecule has 1 saturated heterocycles. The van der Waals surface area contributed by atoms with Crippen LogP contribution >= 0.6 is 11.3 Å². The number of pyridine rings is 1. The van der Waals surface area contributed by atoms with Gasteiger partial charge in [-0.25, -0.2) is 14.4 Å². The summed E-state index contributed by atoms with van der Waals surface area (Å²) < 4.78 is 14.7. The summed E-state index contributed by atoms with van der Waals surface area (Å²) in [4.78, 5) is 27.4. The van der Waals surface area contributed by atoms with Gasteiger partial charge in [0.25, 0.3) is 5.56 Å². The predicted molar refractivity (Wildman–Crippen MR) is 100 cm³/mol. The molecule has 0 spiro atoms. The molecule has 1 aliphatic heterocycles. The van der Waals surface area contributed by atoms with Gasteiger partial charge in [-0.3, -0.25) is 14.1 Å². The molecule has 1 atom stereocenters. The van der Waals surface area contributed by atoms with Crippen molar-refractivity contribution in [2.45, 2.75) is 26.4 Å². The van der Waals surface area contributed by atoms with Crippen LogP contribution in [-0.2, 0) is 6.54 Å². The number of thiazole rings is 1. The van der Waals surface area contributed by atoms with Gasteiger partial charge in [0.05, 0.1) is 11.9 Å². The Hall–Kier alpha value is -2.32. The molecule has 3 aromatic heterocycles. The molecule has 3 aromatic rings. The summed E-state index contributed by atoms with van der Waals surface area (Å²) in [6, 6.07) is 5.03. The number of hydrogen-bond acceptors (Lipinski definition) is 6. The number of rotatable bonds is 3. The molecule has 0 saturated carbocycles. The first kappa shape index (κ1) is 17.1. The summed E-state index contributed by atoms with van der Waals surface area (Å²) in [7, 11) is 0. The first-order valence-electron chi connectivity index (χ1n) is 8.59. The van der Waals surface area contributed by atoms with Crippen molar-refractivity contribution in [3.05, 3.63) is 57.3 Å². The maximum absolute atomic E-state index is 13.1. The van der Waals surface area contributed by atoms with E-state index < -0.39 is 0 Å². The minimum absolute atomic E-state index is 0.0310. The Morgan fingerprint density at radius 1 is 1.35 bits per heavy atom. The van der Waals surface area contributed by atoms with E-state index in [0.29, 0.717) is 6.54 Å². The van der Waals surface area contributed by atoms with Crippen LogP contribution in [0.25, 0.3) is 4.96 Å². The molecule has 4 rings (SSSR count). The van der Waals surface area contributed by atoms with Gasteiger partial charge in [-0.1, -0.05) is 0 Å². The van der Waals surface area contributed by atoms with E-state index in [4.69, 9.17) is 0 Å². The van der Waals surface area contributed by atoms with Crippen molar-refractivity contribution in [3.63, 3.8) is 0 Å². The van der Waals surface area contributed by atoms with Crippen LogP contribution in [0.3, 0.4) is 0 Å². The lowest BCUT2D eigenvalue weighted by Crippen LogP contribution is -2.52. The van der Waals surface area contributed by atoms with E-state index in [9.17, 15) is 9.18 Å². The SMILES string of the molecule is Cc1cn2c(=O)cc(CN3CCN(c4ccc(F)cn4)C(C)C3)nc2s1. The Labute approximate surface area is 154 Å². The van der Waals surface area contributed by atoms with Crippen LogP contribution < -0.4 is 10.5 Å². The number of nitrogens with zero attached hydrogens (tertiary/aromatic N) is 5. The highest BCUT2D eigenvalue weighted by Crippen LogP contribution is 2.20. The number of aryl methyl sites for hydroxylation is 1. The van der Waals surface area contributed by atoms with Crippen LogP contribution in [0.4, 0.5) is 10.2 Å². The normalized spacial score (nSPS) is 18.6. The lowest BCUT2D eigenvalue weighted by molar-refractivity contribution is 0.218. The van der Waals surface area contributed by atoms with E-state index in [2.05, 4.69) is 26.7 Å². The number of piperazine rings is 1. The number of fused-ring (bicyclic) bond motifs is 1. The Balaban J connectivity index is 1.47. The highest BCUT2D eigenvalue weighted by molar-refractivity contribution is 7.16. The molecular formula is C18H20FN5OS. The molecule has 0 amide bonds. The first-order chi connectivity index (χ1) is 12.5. The monoisotopic (exact) mass is 373 g/mol. The molecule has 0 radical (unpaired) electrons. The van der Waals surface area contributed by atoms with E-state index in [1.54, 1.807) is 16.5 Å². The third kappa shape index (κ3) is 3.34. The maximum Gasteiger partial charge on any atom is 0.258 e. The molecule has 1 fully saturated rings. The van der Waals surface area contributed by atoms with E-state index >= 15 is 0 Å². The predicted octanol–water partition coefficient (Wildman–Crippen LogP) is 2.31. The van der Waals surface area contributed by atoms with Crippen molar-refractivity contribution in [2.24, 2.45) is 0 Å². The second-order valence-electron chi connectivity index (χ2n) is 6.69. The Kier molecular flexibility index (Phi) is 4.46. The Bertz CT molecular complexity index is 983. The van der Waals surface area contributed by atoms with Crippen molar-refractivity contribution < 1.29 is 4.39 Å². The largest absolute Gasteiger partial charge is 0.351 e. The molecule has 0 bridgehead atoms. The topological polar surface area (TPSA) is 53.7 Å². The standard InChI is InChI=1S/C18H20FN5OS/c1-12-9-22(5-6-23(12)16-4-3-14(19)8-20-16)11-15-7-17(25)24-10-13(2)26-18(24)21-15/h3-4,7-8,10,12H,5-6,9,11H2,1-2H3. The zero-order chi connectivity index (χ0) is 18.3. The Morgan fingerprint density at radius 2 is 2.19 bits per heavy atom. The van der Waals surface area contributed by atoms with Crippen molar-refractivity contribution in [2.75, 3.05) is 24.5 Å². The molecule has 0 N–H and O–H groups in total. The molecule has 1 unspecified atom stereocenters. The average Bonchev–Trinajstić information content (AvgIpc) is 2.97. The second-order valence-corrected chi connectivity index (χ2v) is 7.91. The molecule has 8 heteroatoms. The number of aromatic nitrogens is 3. The third-order valence-electron chi connectivity index (χ3n) is 4.64. The van der Waals surface area contributed by atoms with Crippen LogP contribution in [0.15, 0.2) is 35.4 Å². The van der Waals surface area contributed by atoms with E-state index in [1.807, 2.05) is 13.1 Å². The zero-order valence-corrected chi connectivity index (χ0v) is 15.5. The molecular weight excluding hydrogens is 353 g/mol. The van der Waals surface area contributed by atoms with E-state index in [0.717, 1.165) is 41.0 Å². The summed E-state index contributed by atoms with van der Waals surface area (Å²) in [5.41, 5.74) is 0.772. The van der Waals surface area contributed by atoms with Gasteiger partial charge >= 0.3 is 0 Å². The molecule has 6 nitrogen and oxygen atoms in total. The van der Waals surface area contributed by atoms with Gasteiger partial charge in [0.2, 0.25) is 0 Å². The third-order valence-corrected chi connectivity index (χ3v) is 5.54. The lowest BCUT2D eigenvalue weighted by Gasteiger charge is -2.40. The van der Waals surface area contributed by atoms with Gasteiger partial charge in [-0.05, 0) is 26.0 Å². The molecule has 1 aliphatic rings. The van der Waals surface area contributed by atoms with Gasteiger partial charge in [-0.15, -0.1) is 11.3 Å². The minimum atomic E-state index is -0.323. The lowest BCUT2D eigenvalue weighted by atomic mass is 10.1. The van der Waals surface area contributed by atoms with Crippen LogP contribution in [0.2, 0.25) is 0 Å². The van der Waals surface area contributed by atoms with Gasteiger partial charge < -0.3 is 4.90 Å². The van der Waals surface area contributed by atoms with Crippen LogP contribution in [-0.4, -0.2) is 44.9 Å². The van der Waals surface area contributed by atoms with Crippen molar-refractivity contribution in [1.29, 1.82) is 0 Å². The van der Waals surface area contributed by atoms with Crippen LogP contribution in [0, 0.1) is 12.7 Å². The molecule has 136 valence electrons. The Morgan fingerprint density at radius 3 is 2.92 bits per heavy atom. The van der Waals surface area contributed by atoms with Crippen molar-refractivity contribution >= 4 is 22.1 Å². The summed E-state index contributed by atoms with van der Waals surface area (Å²) >= 11 is 1.53. The van der Waals surface area contributed by atoms with Gasteiger partial charge in [-0.2, -0.15) is 0 Å². The molecule has 26 heavy (non-hydrogen) atoms. The van der Waals surface area contributed by atoms with Crippen LogP contribution in [0.5, 0.6) is 0 Å². The minimum Gasteiger partial charge on any atom is -0.351 e. The first-order valence-corrected chi connectivity index (χ1v) is 9.40. The molecule has 4 heterocycles. The highest BCUT2D eigenvalue weighted by atomic mass is 32.1. The quantitative estimate of drug-likeness (QED) is 0.705. The fraction of sp³-hybridized carbons (Fsp3) is 0.389. The van der Waals surface area contributed by atoms with Gasteiger partial charge in [0.15, 0.2) is 4.96 Å². The van der Waals surface area contributed by atoms with Gasteiger partial charge in [0.1, 0.15) is 11.6 Å². The van der Waals surface area contributed by atoms with Crippen LogP contribution in [0.1, 0.15) is 17.5 Å². The van der Waals surface area contributed by atoms with Gasteiger partial charge in [0, 0.05) is 49.4 Å². The van der Waals surface area contributed by atoms with E-state index in [1.165, 1.54) is 23.6 Å². The van der Waals surface area contributed by atoms with Crippen molar-refractivity contribution in [1.82, 2.24) is 19.3 Å².